The Hall–Kier alpha value is -1.21. The first-order chi connectivity index (χ1) is 12.2. The third kappa shape index (κ3) is 4.14. The number of hydrogen-bond acceptors (Lipinski definition) is 6. The molecule has 1 aromatic rings. The van der Waals surface area contributed by atoms with E-state index in [2.05, 4.69) is 20.9 Å². The average Bonchev–Trinajstić information content (AvgIpc) is 3.13. The molecule has 0 radical (unpaired) electrons. The molecule has 0 aromatic carbocycles. The number of rotatable bonds is 4. The zero-order valence-corrected chi connectivity index (χ0v) is 15.0. The monoisotopic (exact) mass is 346 g/mol. The Morgan fingerprint density at radius 2 is 2.08 bits per heavy atom. The molecule has 0 aliphatic carbocycles. The van der Waals surface area contributed by atoms with E-state index in [1.165, 1.54) is 13.0 Å². The molecule has 4 heterocycles. The van der Waals surface area contributed by atoms with Gasteiger partial charge < -0.3 is 20.1 Å². The average molecular weight is 346 g/mol. The molecule has 25 heavy (non-hydrogen) atoms. The lowest BCUT2D eigenvalue weighted by Crippen LogP contribution is -2.57. The van der Waals surface area contributed by atoms with Gasteiger partial charge in [0, 0.05) is 57.6 Å². The number of hydrogen-bond donors (Lipinski definition) is 1. The lowest BCUT2D eigenvalue weighted by Gasteiger charge is -2.47. The van der Waals surface area contributed by atoms with Crippen LogP contribution < -0.4 is 5.73 Å². The van der Waals surface area contributed by atoms with Crippen molar-refractivity contribution < 1.29 is 9.47 Å². The maximum absolute atomic E-state index is 6.28. The van der Waals surface area contributed by atoms with Crippen LogP contribution in [0.4, 0.5) is 5.82 Å². The highest BCUT2D eigenvalue weighted by molar-refractivity contribution is 5.38. The van der Waals surface area contributed by atoms with Gasteiger partial charge in [0.15, 0.2) is 0 Å². The van der Waals surface area contributed by atoms with E-state index in [1.807, 2.05) is 6.07 Å². The minimum absolute atomic E-state index is 0.0257. The summed E-state index contributed by atoms with van der Waals surface area (Å²) in [6.07, 6.45) is 5.22. The van der Waals surface area contributed by atoms with Gasteiger partial charge in [-0.1, -0.05) is 6.07 Å². The molecule has 6 heteroatoms. The Kier molecular flexibility index (Phi) is 5.22. The Morgan fingerprint density at radius 3 is 2.84 bits per heavy atom. The van der Waals surface area contributed by atoms with Gasteiger partial charge in [-0.25, -0.2) is 4.98 Å². The smallest absolute Gasteiger partial charge is 0.127 e. The van der Waals surface area contributed by atoms with Gasteiger partial charge in [0.2, 0.25) is 0 Å². The van der Waals surface area contributed by atoms with Crippen molar-refractivity contribution in [3.63, 3.8) is 0 Å². The summed E-state index contributed by atoms with van der Waals surface area (Å²) in [6.45, 7) is 9.01. The van der Waals surface area contributed by atoms with Crippen LogP contribution in [0.25, 0.3) is 0 Å². The van der Waals surface area contributed by atoms with Crippen molar-refractivity contribution in [1.82, 2.24) is 14.8 Å². The fourth-order valence-electron chi connectivity index (χ4n) is 4.42. The first-order valence-corrected chi connectivity index (χ1v) is 9.58. The van der Waals surface area contributed by atoms with E-state index >= 15 is 0 Å². The van der Waals surface area contributed by atoms with E-state index < -0.39 is 0 Å². The van der Waals surface area contributed by atoms with Crippen molar-refractivity contribution in [2.45, 2.75) is 31.4 Å². The van der Waals surface area contributed by atoms with E-state index in [0.29, 0.717) is 5.82 Å². The number of aromatic nitrogens is 1. The molecule has 3 aliphatic heterocycles. The molecule has 4 rings (SSSR count). The second kappa shape index (κ2) is 7.58. The Morgan fingerprint density at radius 1 is 1.20 bits per heavy atom. The molecule has 2 N–H and O–H groups in total. The number of nitrogens with zero attached hydrogens (tertiary/aromatic N) is 3. The van der Waals surface area contributed by atoms with Crippen LogP contribution in [-0.2, 0) is 16.0 Å². The van der Waals surface area contributed by atoms with Gasteiger partial charge in [-0.3, -0.25) is 4.90 Å². The molecule has 3 aliphatic rings. The van der Waals surface area contributed by atoms with E-state index in [0.717, 1.165) is 76.9 Å². The highest BCUT2D eigenvalue weighted by Gasteiger charge is 2.40. The molecule has 0 bridgehead atoms. The number of anilines is 1. The van der Waals surface area contributed by atoms with Gasteiger partial charge in [-0.2, -0.15) is 0 Å². The molecular formula is C19H30N4O2. The fourth-order valence-corrected chi connectivity index (χ4v) is 4.42. The molecule has 0 amide bonds. The molecular weight excluding hydrogens is 316 g/mol. The van der Waals surface area contributed by atoms with Crippen LogP contribution >= 0.6 is 0 Å². The standard InChI is InChI=1S/C19H30N4O2/c20-18-17(2-1-6-21-18)13-23-9-11-25-19(15-23)4-7-22(8-5-19)12-16-3-10-24-14-16/h1-2,6,16H,3-5,7-15H2,(H2,20,21). The maximum atomic E-state index is 6.28. The molecule has 3 fully saturated rings. The Bertz CT molecular complexity index is 568. The summed E-state index contributed by atoms with van der Waals surface area (Å²) in [5, 5.41) is 0. The van der Waals surface area contributed by atoms with Gasteiger partial charge in [0.1, 0.15) is 5.82 Å². The number of likely N-dealkylation sites (tertiary alicyclic amines) is 1. The summed E-state index contributed by atoms with van der Waals surface area (Å²) in [5.41, 5.74) is 7.17. The van der Waals surface area contributed by atoms with Crippen LogP contribution in [0, 0.1) is 5.92 Å². The second-order valence-electron chi connectivity index (χ2n) is 7.82. The summed E-state index contributed by atoms with van der Waals surface area (Å²) in [7, 11) is 0. The molecule has 1 spiro atoms. The third-order valence-corrected chi connectivity index (χ3v) is 5.96. The van der Waals surface area contributed by atoms with E-state index in [4.69, 9.17) is 15.2 Å². The lowest BCUT2D eigenvalue weighted by molar-refractivity contribution is -0.138. The zero-order valence-electron chi connectivity index (χ0n) is 15.0. The molecule has 3 saturated heterocycles. The number of morpholine rings is 1. The van der Waals surface area contributed by atoms with Crippen molar-refractivity contribution in [3.05, 3.63) is 23.9 Å². The number of nitrogens with two attached hydrogens (primary N) is 1. The minimum atomic E-state index is 0.0257. The van der Waals surface area contributed by atoms with Crippen LogP contribution in [0.1, 0.15) is 24.8 Å². The topological polar surface area (TPSA) is 63.8 Å². The summed E-state index contributed by atoms with van der Waals surface area (Å²) in [4.78, 5) is 9.30. The zero-order chi connectivity index (χ0) is 17.1. The molecule has 1 aromatic heterocycles. The SMILES string of the molecule is Nc1ncccc1CN1CCOC2(CCN(CC3CCOC3)CC2)C1. The first-order valence-electron chi connectivity index (χ1n) is 9.58. The lowest BCUT2D eigenvalue weighted by atomic mass is 9.88. The van der Waals surface area contributed by atoms with Gasteiger partial charge in [0.25, 0.3) is 0 Å². The summed E-state index contributed by atoms with van der Waals surface area (Å²) in [6, 6.07) is 4.05. The highest BCUT2D eigenvalue weighted by atomic mass is 16.5. The Labute approximate surface area is 150 Å². The predicted molar refractivity (Wildman–Crippen MR) is 97.2 cm³/mol. The number of piperidine rings is 1. The van der Waals surface area contributed by atoms with E-state index in [-0.39, 0.29) is 5.60 Å². The summed E-state index contributed by atoms with van der Waals surface area (Å²) >= 11 is 0. The van der Waals surface area contributed by atoms with Crippen molar-refractivity contribution in [2.24, 2.45) is 5.92 Å². The Balaban J connectivity index is 1.31. The number of nitrogen functional groups attached to an aromatic ring is 1. The van der Waals surface area contributed by atoms with Gasteiger partial charge in [-0.15, -0.1) is 0 Å². The largest absolute Gasteiger partial charge is 0.383 e. The van der Waals surface area contributed by atoms with E-state index in [1.54, 1.807) is 6.20 Å². The van der Waals surface area contributed by atoms with Crippen LogP contribution in [0.5, 0.6) is 0 Å². The van der Waals surface area contributed by atoms with Crippen molar-refractivity contribution in [3.8, 4) is 0 Å². The van der Waals surface area contributed by atoms with Crippen LogP contribution in [0.3, 0.4) is 0 Å². The van der Waals surface area contributed by atoms with Crippen molar-refractivity contribution in [1.29, 1.82) is 0 Å². The minimum Gasteiger partial charge on any atom is -0.383 e. The molecule has 6 nitrogen and oxygen atoms in total. The van der Waals surface area contributed by atoms with Crippen molar-refractivity contribution >= 4 is 5.82 Å². The quantitative estimate of drug-likeness (QED) is 0.888. The van der Waals surface area contributed by atoms with Crippen molar-refractivity contribution in [2.75, 3.05) is 58.3 Å². The van der Waals surface area contributed by atoms with Crippen LogP contribution in [0.2, 0.25) is 0 Å². The molecule has 0 saturated carbocycles. The first kappa shape index (κ1) is 17.2. The summed E-state index contributed by atoms with van der Waals surface area (Å²) < 4.78 is 11.8. The fraction of sp³-hybridized carbons (Fsp3) is 0.737. The molecule has 1 atom stereocenters. The molecule has 138 valence electrons. The maximum Gasteiger partial charge on any atom is 0.127 e. The number of pyridine rings is 1. The van der Waals surface area contributed by atoms with Crippen LogP contribution in [0.15, 0.2) is 18.3 Å². The van der Waals surface area contributed by atoms with Gasteiger partial charge >= 0.3 is 0 Å². The predicted octanol–water partition coefficient (Wildman–Crippen LogP) is 1.37. The third-order valence-electron chi connectivity index (χ3n) is 5.96. The second-order valence-corrected chi connectivity index (χ2v) is 7.82. The number of ether oxygens (including phenoxy) is 2. The van der Waals surface area contributed by atoms with Gasteiger partial charge in [-0.05, 0) is 31.2 Å². The highest BCUT2D eigenvalue weighted by Crippen LogP contribution is 2.31. The van der Waals surface area contributed by atoms with Crippen LogP contribution in [-0.4, -0.2) is 72.9 Å². The summed E-state index contributed by atoms with van der Waals surface area (Å²) in [5.74, 6) is 1.38. The normalized spacial score (nSPS) is 27.8. The van der Waals surface area contributed by atoms with E-state index in [9.17, 15) is 0 Å². The molecule has 1 unspecified atom stereocenters. The van der Waals surface area contributed by atoms with Gasteiger partial charge in [0.05, 0.1) is 18.8 Å².